The van der Waals surface area contributed by atoms with Gasteiger partial charge in [0, 0.05) is 18.1 Å². The molecule has 2 rings (SSSR count). The normalized spacial score (nSPS) is 12.0. The number of nitrogens with zero attached hydrogens (tertiary/aromatic N) is 2. The van der Waals surface area contributed by atoms with Crippen LogP contribution in [0.3, 0.4) is 0 Å². The molecule has 0 radical (unpaired) electrons. The van der Waals surface area contributed by atoms with Crippen molar-refractivity contribution in [1.82, 2.24) is 9.29 Å². The van der Waals surface area contributed by atoms with E-state index in [0.29, 0.717) is 21.7 Å². The highest BCUT2D eigenvalue weighted by molar-refractivity contribution is 7.89. The predicted octanol–water partition coefficient (Wildman–Crippen LogP) is 2.16. The van der Waals surface area contributed by atoms with Crippen LogP contribution < -0.4 is 5.73 Å². The van der Waals surface area contributed by atoms with Gasteiger partial charge in [0.1, 0.15) is 0 Å². The summed E-state index contributed by atoms with van der Waals surface area (Å²) < 4.78 is 26.7. The molecule has 1 aromatic carbocycles. The highest BCUT2D eigenvalue weighted by Gasteiger charge is 2.25. The summed E-state index contributed by atoms with van der Waals surface area (Å²) in [7, 11) is -1.99. The Balaban J connectivity index is 2.40. The van der Waals surface area contributed by atoms with Crippen molar-refractivity contribution in [3.05, 3.63) is 39.8 Å². The second kappa shape index (κ2) is 5.51. The van der Waals surface area contributed by atoms with E-state index >= 15 is 0 Å². The van der Waals surface area contributed by atoms with Gasteiger partial charge in [0.25, 0.3) is 0 Å². The molecule has 0 aliphatic rings. The summed E-state index contributed by atoms with van der Waals surface area (Å²) in [5.41, 5.74) is 10.1. The van der Waals surface area contributed by atoms with E-state index in [2.05, 4.69) is 4.98 Å². The molecule has 0 saturated carbocycles. The molecule has 7 heteroatoms. The van der Waals surface area contributed by atoms with Crippen LogP contribution in [0.2, 0.25) is 0 Å². The molecule has 1 heterocycles. The van der Waals surface area contributed by atoms with Gasteiger partial charge in [-0.05, 0) is 37.1 Å². The van der Waals surface area contributed by atoms with Crippen molar-refractivity contribution < 1.29 is 8.42 Å². The lowest BCUT2D eigenvalue weighted by molar-refractivity contribution is 0.462. The zero-order valence-electron chi connectivity index (χ0n) is 11.6. The Kier molecular flexibility index (Phi) is 4.12. The molecule has 0 atom stereocenters. The average molecular weight is 311 g/mol. The number of benzene rings is 1. The number of aryl methyl sites for hydroxylation is 2. The van der Waals surface area contributed by atoms with E-state index < -0.39 is 10.0 Å². The van der Waals surface area contributed by atoms with Crippen LogP contribution in [0.1, 0.15) is 16.8 Å². The molecular formula is C13H17N3O2S2. The second-order valence-corrected chi connectivity index (χ2v) is 7.43. The van der Waals surface area contributed by atoms with Crippen molar-refractivity contribution in [2.45, 2.75) is 25.3 Å². The third-order valence-corrected chi connectivity index (χ3v) is 5.76. The van der Waals surface area contributed by atoms with E-state index in [4.69, 9.17) is 5.73 Å². The minimum atomic E-state index is -3.55. The number of hydrogen-bond acceptors (Lipinski definition) is 5. The molecule has 5 nitrogen and oxygen atoms in total. The van der Waals surface area contributed by atoms with E-state index in [1.54, 1.807) is 38.5 Å². The molecule has 20 heavy (non-hydrogen) atoms. The van der Waals surface area contributed by atoms with Gasteiger partial charge in [-0.3, -0.25) is 0 Å². The molecule has 2 aromatic rings. The van der Waals surface area contributed by atoms with E-state index in [0.717, 1.165) is 5.69 Å². The minimum absolute atomic E-state index is 0.259. The first-order chi connectivity index (χ1) is 9.32. The monoisotopic (exact) mass is 311 g/mol. The summed E-state index contributed by atoms with van der Waals surface area (Å²) >= 11 is 1.45. The number of hydrogen-bond donors (Lipinski definition) is 1. The van der Waals surface area contributed by atoms with Gasteiger partial charge in [-0.1, -0.05) is 0 Å². The predicted molar refractivity (Wildman–Crippen MR) is 81.1 cm³/mol. The van der Waals surface area contributed by atoms with Crippen LogP contribution in [0.25, 0.3) is 0 Å². The van der Waals surface area contributed by atoms with Crippen molar-refractivity contribution in [3.8, 4) is 0 Å². The fraction of sp³-hybridized carbons (Fsp3) is 0.308. The standard InChI is InChI=1S/C13H17N3O2S2/c1-9-4-11(14)5-10(2)13(9)20(17,18)16(3)6-12-7-19-8-15-12/h4-5,7-8H,6,14H2,1-3H3. The highest BCUT2D eigenvalue weighted by atomic mass is 32.2. The average Bonchev–Trinajstić information content (AvgIpc) is 2.79. The second-order valence-electron chi connectivity index (χ2n) is 4.72. The summed E-state index contributed by atoms with van der Waals surface area (Å²) in [5, 5.41) is 1.84. The van der Waals surface area contributed by atoms with Gasteiger partial charge in [-0.15, -0.1) is 11.3 Å². The van der Waals surface area contributed by atoms with Crippen LogP contribution in [0.15, 0.2) is 27.9 Å². The van der Waals surface area contributed by atoms with Crippen LogP contribution in [-0.2, 0) is 16.6 Å². The van der Waals surface area contributed by atoms with Gasteiger partial charge >= 0.3 is 0 Å². The maximum Gasteiger partial charge on any atom is 0.243 e. The number of aromatic nitrogens is 1. The molecule has 108 valence electrons. The SMILES string of the molecule is Cc1cc(N)cc(C)c1S(=O)(=O)N(C)Cc1cscn1. The number of nitrogen functional groups attached to an aromatic ring is 1. The molecule has 0 fully saturated rings. The minimum Gasteiger partial charge on any atom is -0.399 e. The zero-order valence-corrected chi connectivity index (χ0v) is 13.3. The molecule has 0 saturated heterocycles. The third-order valence-electron chi connectivity index (χ3n) is 3.02. The summed E-state index contributed by atoms with van der Waals surface area (Å²) in [6.07, 6.45) is 0. The molecule has 0 unspecified atom stereocenters. The van der Waals surface area contributed by atoms with Crippen molar-refractivity contribution in [2.75, 3.05) is 12.8 Å². The van der Waals surface area contributed by atoms with Gasteiger partial charge < -0.3 is 5.73 Å². The maximum absolute atomic E-state index is 12.7. The van der Waals surface area contributed by atoms with Gasteiger partial charge in [0.15, 0.2) is 0 Å². The van der Waals surface area contributed by atoms with Crippen LogP contribution in [0.5, 0.6) is 0 Å². The number of sulfonamides is 1. The van der Waals surface area contributed by atoms with Gasteiger partial charge in [0.2, 0.25) is 10.0 Å². The lowest BCUT2D eigenvalue weighted by Gasteiger charge is -2.19. The van der Waals surface area contributed by atoms with Crippen LogP contribution in [-0.4, -0.2) is 24.8 Å². The Morgan fingerprint density at radius 3 is 2.40 bits per heavy atom. The summed E-state index contributed by atoms with van der Waals surface area (Å²) in [6.45, 7) is 3.77. The lowest BCUT2D eigenvalue weighted by atomic mass is 10.1. The first kappa shape index (κ1) is 15.0. The molecule has 0 amide bonds. The maximum atomic E-state index is 12.7. The highest BCUT2D eigenvalue weighted by Crippen LogP contribution is 2.26. The van der Waals surface area contributed by atoms with Crippen molar-refractivity contribution in [3.63, 3.8) is 0 Å². The number of rotatable bonds is 4. The number of nitrogens with two attached hydrogens (primary N) is 1. The Hall–Kier alpha value is -1.44. The smallest absolute Gasteiger partial charge is 0.243 e. The zero-order chi connectivity index (χ0) is 14.9. The van der Waals surface area contributed by atoms with Crippen LogP contribution in [0, 0.1) is 13.8 Å². The van der Waals surface area contributed by atoms with Gasteiger partial charge in [0.05, 0.1) is 22.6 Å². The molecule has 0 spiro atoms. The van der Waals surface area contributed by atoms with E-state index in [-0.39, 0.29) is 6.54 Å². The first-order valence-electron chi connectivity index (χ1n) is 6.02. The quantitative estimate of drug-likeness (QED) is 0.878. The molecular weight excluding hydrogens is 294 g/mol. The lowest BCUT2D eigenvalue weighted by Crippen LogP contribution is -2.28. The third kappa shape index (κ3) is 2.84. The Morgan fingerprint density at radius 1 is 1.30 bits per heavy atom. The largest absolute Gasteiger partial charge is 0.399 e. The summed E-state index contributed by atoms with van der Waals surface area (Å²) in [6, 6.07) is 3.35. The number of thiazole rings is 1. The fourth-order valence-corrected chi connectivity index (χ4v) is 4.27. The van der Waals surface area contributed by atoms with Crippen molar-refractivity contribution >= 4 is 27.0 Å². The van der Waals surface area contributed by atoms with Crippen LogP contribution >= 0.6 is 11.3 Å². The fourth-order valence-electron chi connectivity index (χ4n) is 2.18. The van der Waals surface area contributed by atoms with Gasteiger partial charge in [-0.2, -0.15) is 4.31 Å². The molecule has 0 aliphatic heterocycles. The van der Waals surface area contributed by atoms with E-state index in [9.17, 15) is 8.42 Å². The van der Waals surface area contributed by atoms with Crippen LogP contribution in [0.4, 0.5) is 5.69 Å². The number of anilines is 1. The summed E-state index contributed by atoms with van der Waals surface area (Å²) in [5.74, 6) is 0. The molecule has 0 bridgehead atoms. The van der Waals surface area contributed by atoms with Gasteiger partial charge in [-0.25, -0.2) is 13.4 Å². The topological polar surface area (TPSA) is 76.3 Å². The summed E-state index contributed by atoms with van der Waals surface area (Å²) in [4.78, 5) is 4.44. The van der Waals surface area contributed by atoms with E-state index in [1.165, 1.54) is 15.6 Å². The first-order valence-corrected chi connectivity index (χ1v) is 8.41. The van der Waals surface area contributed by atoms with Crippen molar-refractivity contribution in [1.29, 1.82) is 0 Å². The van der Waals surface area contributed by atoms with Crippen molar-refractivity contribution in [2.24, 2.45) is 0 Å². The molecule has 1 aromatic heterocycles. The molecule has 2 N–H and O–H groups in total. The Labute approximate surface area is 123 Å². The Bertz CT molecular complexity index is 686. The Morgan fingerprint density at radius 2 is 1.90 bits per heavy atom. The van der Waals surface area contributed by atoms with E-state index in [1.807, 2.05) is 5.38 Å². The molecule has 0 aliphatic carbocycles.